The predicted molar refractivity (Wildman–Crippen MR) is 61.6 cm³/mol. The summed E-state index contributed by atoms with van der Waals surface area (Å²) in [5.74, 6) is 0.686. The fourth-order valence-electron chi connectivity index (χ4n) is 1.24. The van der Waals surface area contributed by atoms with E-state index in [1.54, 1.807) is 30.3 Å². The Hall–Kier alpha value is -1.58. The molecule has 1 heterocycles. The number of rotatable bonds is 4. The summed E-state index contributed by atoms with van der Waals surface area (Å²) in [6.45, 7) is 2.06. The molecule has 15 heavy (non-hydrogen) atoms. The van der Waals surface area contributed by atoms with Gasteiger partial charge >= 0.3 is 0 Å². The number of nitrogens with zero attached hydrogens (tertiary/aromatic N) is 2. The van der Waals surface area contributed by atoms with Gasteiger partial charge in [0.2, 0.25) is 5.91 Å². The van der Waals surface area contributed by atoms with Crippen LogP contribution in [0.3, 0.4) is 0 Å². The number of pyridine rings is 1. The van der Waals surface area contributed by atoms with Gasteiger partial charge in [0, 0.05) is 31.4 Å². The fraction of sp³-hybridized carbons (Fsp3) is 0.455. The minimum Gasteiger partial charge on any atom is -0.399 e. The van der Waals surface area contributed by atoms with E-state index in [0.29, 0.717) is 17.9 Å². The maximum Gasteiger partial charge on any atom is 0.227 e. The molecule has 2 N–H and O–H groups in total. The van der Waals surface area contributed by atoms with Crippen molar-refractivity contribution >= 4 is 17.4 Å². The first kappa shape index (κ1) is 11.5. The molecular formula is C11H17N3O. The second kappa shape index (κ2) is 5.34. The van der Waals surface area contributed by atoms with Gasteiger partial charge in [0.15, 0.2) is 0 Å². The third kappa shape index (κ3) is 3.23. The highest BCUT2D eigenvalue weighted by Crippen LogP contribution is 2.13. The van der Waals surface area contributed by atoms with E-state index < -0.39 is 0 Å². The van der Waals surface area contributed by atoms with Gasteiger partial charge in [-0.1, -0.05) is 13.3 Å². The fourth-order valence-corrected chi connectivity index (χ4v) is 1.24. The Kier molecular flexibility index (Phi) is 4.09. The summed E-state index contributed by atoms with van der Waals surface area (Å²) in [5, 5.41) is 0. The second-order valence-corrected chi connectivity index (χ2v) is 3.50. The number of amides is 1. The maximum absolute atomic E-state index is 11.7. The highest BCUT2D eigenvalue weighted by atomic mass is 16.2. The normalized spacial score (nSPS) is 10.0. The van der Waals surface area contributed by atoms with Gasteiger partial charge in [-0.25, -0.2) is 4.98 Å². The standard InChI is InChI=1S/C11H17N3O/c1-3-4-5-11(15)14(2)10-8-9(12)6-7-13-10/h6-8H,3-5H2,1-2H3,(H2,12,13). The number of nitrogens with two attached hydrogens (primary N) is 1. The Morgan fingerprint density at radius 1 is 1.60 bits per heavy atom. The van der Waals surface area contributed by atoms with Gasteiger partial charge < -0.3 is 5.73 Å². The van der Waals surface area contributed by atoms with Crippen molar-refractivity contribution in [1.82, 2.24) is 4.98 Å². The highest BCUT2D eigenvalue weighted by molar-refractivity contribution is 5.92. The first-order valence-electron chi connectivity index (χ1n) is 5.13. The summed E-state index contributed by atoms with van der Waals surface area (Å²) < 4.78 is 0. The molecule has 4 nitrogen and oxygen atoms in total. The summed E-state index contributed by atoms with van der Waals surface area (Å²) in [7, 11) is 1.72. The molecule has 0 radical (unpaired) electrons. The zero-order chi connectivity index (χ0) is 11.3. The molecule has 0 aliphatic rings. The van der Waals surface area contributed by atoms with Crippen LogP contribution in [-0.2, 0) is 4.79 Å². The summed E-state index contributed by atoms with van der Waals surface area (Å²) in [6, 6.07) is 3.40. The Bertz CT molecular complexity index is 338. The third-order valence-electron chi connectivity index (χ3n) is 2.23. The molecule has 4 heteroatoms. The molecule has 0 bridgehead atoms. The number of carbonyl (C=O) groups excluding carboxylic acids is 1. The molecule has 1 amide bonds. The Morgan fingerprint density at radius 2 is 2.33 bits per heavy atom. The van der Waals surface area contributed by atoms with Crippen LogP contribution in [0.15, 0.2) is 18.3 Å². The van der Waals surface area contributed by atoms with Crippen molar-refractivity contribution in [3.05, 3.63) is 18.3 Å². The lowest BCUT2D eigenvalue weighted by Gasteiger charge is -2.16. The lowest BCUT2D eigenvalue weighted by Crippen LogP contribution is -2.26. The summed E-state index contributed by atoms with van der Waals surface area (Å²) >= 11 is 0. The van der Waals surface area contributed by atoms with E-state index in [2.05, 4.69) is 11.9 Å². The van der Waals surface area contributed by atoms with Crippen molar-refractivity contribution in [2.24, 2.45) is 0 Å². The minimum atomic E-state index is 0.0787. The minimum absolute atomic E-state index is 0.0787. The summed E-state index contributed by atoms with van der Waals surface area (Å²) in [5.41, 5.74) is 6.24. The van der Waals surface area contributed by atoms with E-state index in [0.717, 1.165) is 12.8 Å². The van der Waals surface area contributed by atoms with E-state index >= 15 is 0 Å². The van der Waals surface area contributed by atoms with Crippen LogP contribution in [-0.4, -0.2) is 17.9 Å². The molecule has 0 unspecified atom stereocenters. The predicted octanol–water partition coefficient (Wildman–Crippen LogP) is 1.82. The number of carbonyl (C=O) groups is 1. The molecule has 0 saturated heterocycles. The highest BCUT2D eigenvalue weighted by Gasteiger charge is 2.10. The molecule has 1 aromatic rings. The van der Waals surface area contributed by atoms with Crippen LogP contribution in [0.5, 0.6) is 0 Å². The first-order chi connectivity index (χ1) is 7.15. The molecule has 0 aliphatic carbocycles. The smallest absolute Gasteiger partial charge is 0.227 e. The van der Waals surface area contributed by atoms with Gasteiger partial charge in [0.25, 0.3) is 0 Å². The molecule has 0 aromatic carbocycles. The topological polar surface area (TPSA) is 59.2 Å². The monoisotopic (exact) mass is 207 g/mol. The van der Waals surface area contributed by atoms with Crippen LogP contribution >= 0.6 is 0 Å². The third-order valence-corrected chi connectivity index (χ3v) is 2.23. The average Bonchev–Trinajstić information content (AvgIpc) is 2.24. The zero-order valence-electron chi connectivity index (χ0n) is 9.23. The Morgan fingerprint density at radius 3 is 2.93 bits per heavy atom. The molecule has 0 fully saturated rings. The van der Waals surface area contributed by atoms with Crippen LogP contribution in [0.4, 0.5) is 11.5 Å². The largest absolute Gasteiger partial charge is 0.399 e. The number of anilines is 2. The van der Waals surface area contributed by atoms with E-state index in [9.17, 15) is 4.79 Å². The lowest BCUT2D eigenvalue weighted by molar-refractivity contribution is -0.118. The Balaban J connectivity index is 2.67. The van der Waals surface area contributed by atoms with Gasteiger partial charge in [-0.15, -0.1) is 0 Å². The number of nitrogen functional groups attached to an aromatic ring is 1. The van der Waals surface area contributed by atoms with Crippen LogP contribution in [0, 0.1) is 0 Å². The van der Waals surface area contributed by atoms with E-state index in [1.165, 1.54) is 0 Å². The molecule has 1 rings (SSSR count). The number of aromatic nitrogens is 1. The molecule has 0 aliphatic heterocycles. The molecule has 82 valence electrons. The summed E-state index contributed by atoms with van der Waals surface area (Å²) in [4.78, 5) is 17.3. The van der Waals surface area contributed by atoms with Crippen molar-refractivity contribution in [2.75, 3.05) is 17.7 Å². The van der Waals surface area contributed by atoms with Gasteiger partial charge in [0.1, 0.15) is 5.82 Å². The van der Waals surface area contributed by atoms with Crippen molar-refractivity contribution < 1.29 is 4.79 Å². The quantitative estimate of drug-likeness (QED) is 0.819. The maximum atomic E-state index is 11.7. The van der Waals surface area contributed by atoms with Crippen LogP contribution < -0.4 is 10.6 Å². The molecule has 0 atom stereocenters. The average molecular weight is 207 g/mol. The van der Waals surface area contributed by atoms with Crippen molar-refractivity contribution in [1.29, 1.82) is 0 Å². The molecule has 1 aromatic heterocycles. The Labute approximate surface area is 90.1 Å². The van der Waals surface area contributed by atoms with E-state index in [4.69, 9.17) is 5.73 Å². The number of hydrogen-bond donors (Lipinski definition) is 1. The van der Waals surface area contributed by atoms with E-state index in [1.807, 2.05) is 0 Å². The number of unbranched alkanes of at least 4 members (excludes halogenated alkanes) is 1. The molecule has 0 spiro atoms. The second-order valence-electron chi connectivity index (χ2n) is 3.50. The first-order valence-corrected chi connectivity index (χ1v) is 5.13. The van der Waals surface area contributed by atoms with E-state index in [-0.39, 0.29) is 5.91 Å². The van der Waals surface area contributed by atoms with Gasteiger partial charge in [-0.2, -0.15) is 0 Å². The number of hydrogen-bond acceptors (Lipinski definition) is 3. The lowest BCUT2D eigenvalue weighted by atomic mass is 10.2. The van der Waals surface area contributed by atoms with Crippen LogP contribution in [0.2, 0.25) is 0 Å². The zero-order valence-corrected chi connectivity index (χ0v) is 9.23. The van der Waals surface area contributed by atoms with Crippen LogP contribution in [0.1, 0.15) is 26.2 Å². The van der Waals surface area contributed by atoms with Gasteiger partial charge in [0.05, 0.1) is 0 Å². The van der Waals surface area contributed by atoms with Crippen LogP contribution in [0.25, 0.3) is 0 Å². The molecule has 0 saturated carbocycles. The van der Waals surface area contributed by atoms with Gasteiger partial charge in [-0.3, -0.25) is 9.69 Å². The van der Waals surface area contributed by atoms with Crippen molar-refractivity contribution in [3.8, 4) is 0 Å². The SMILES string of the molecule is CCCCC(=O)N(C)c1cc(N)ccn1. The van der Waals surface area contributed by atoms with Crippen molar-refractivity contribution in [2.45, 2.75) is 26.2 Å². The van der Waals surface area contributed by atoms with Crippen molar-refractivity contribution in [3.63, 3.8) is 0 Å². The molecular weight excluding hydrogens is 190 g/mol. The summed E-state index contributed by atoms with van der Waals surface area (Å²) in [6.07, 6.45) is 4.09. The van der Waals surface area contributed by atoms with Gasteiger partial charge in [-0.05, 0) is 12.5 Å².